The second kappa shape index (κ2) is 6.29. The van der Waals surface area contributed by atoms with Crippen LogP contribution in [0, 0.1) is 0 Å². The van der Waals surface area contributed by atoms with Crippen molar-refractivity contribution in [3.63, 3.8) is 0 Å². The number of rotatable bonds is 4. The first-order chi connectivity index (χ1) is 9.83. The third-order valence-corrected chi connectivity index (χ3v) is 4.54. The van der Waals surface area contributed by atoms with Crippen molar-refractivity contribution < 1.29 is 4.79 Å². The normalized spacial score (nSPS) is 18.9. The lowest BCUT2D eigenvalue weighted by atomic mass is 10.0. The lowest BCUT2D eigenvalue weighted by Crippen LogP contribution is -2.37. The predicted octanol–water partition coefficient (Wildman–Crippen LogP) is 2.89. The van der Waals surface area contributed by atoms with Gasteiger partial charge in [0.25, 0.3) is 0 Å². The maximum atomic E-state index is 12.0. The third kappa shape index (κ3) is 3.14. The van der Waals surface area contributed by atoms with E-state index in [1.165, 1.54) is 36.9 Å². The number of nitrogens with one attached hydrogen (secondary N) is 1. The predicted molar refractivity (Wildman–Crippen MR) is 82.0 cm³/mol. The minimum absolute atomic E-state index is 0.222. The molecule has 1 saturated carbocycles. The summed E-state index contributed by atoms with van der Waals surface area (Å²) in [5.74, 6) is 0.222. The van der Waals surface area contributed by atoms with Crippen molar-refractivity contribution >= 4 is 11.6 Å². The Kier molecular flexibility index (Phi) is 4.24. The molecule has 0 aromatic heterocycles. The highest BCUT2D eigenvalue weighted by molar-refractivity contribution is 5.77. The van der Waals surface area contributed by atoms with Gasteiger partial charge in [0.1, 0.15) is 0 Å². The fourth-order valence-corrected chi connectivity index (χ4v) is 3.45. The minimum atomic E-state index is 0.222. The molecule has 1 N–H and O–H groups in total. The Morgan fingerprint density at radius 1 is 1.20 bits per heavy atom. The molecule has 1 aliphatic heterocycles. The Labute approximate surface area is 121 Å². The molecular formula is C17H24N2O. The van der Waals surface area contributed by atoms with Gasteiger partial charge in [-0.1, -0.05) is 31.0 Å². The van der Waals surface area contributed by atoms with Crippen molar-refractivity contribution in [2.45, 2.75) is 51.0 Å². The Bertz CT molecular complexity index is 466. The molecule has 0 spiro atoms. The van der Waals surface area contributed by atoms with Gasteiger partial charge in [-0.25, -0.2) is 0 Å². The number of para-hydroxylation sites is 1. The molecule has 0 atom stereocenters. The molecular weight excluding hydrogens is 248 g/mol. The summed E-state index contributed by atoms with van der Waals surface area (Å²) in [5.41, 5.74) is 2.75. The van der Waals surface area contributed by atoms with E-state index >= 15 is 0 Å². The summed E-state index contributed by atoms with van der Waals surface area (Å²) in [6, 6.07) is 9.03. The van der Waals surface area contributed by atoms with Crippen molar-refractivity contribution in [1.82, 2.24) is 5.32 Å². The highest BCUT2D eigenvalue weighted by Crippen LogP contribution is 2.26. The summed E-state index contributed by atoms with van der Waals surface area (Å²) < 4.78 is 0. The van der Waals surface area contributed by atoms with Gasteiger partial charge in [-0.05, 0) is 37.3 Å². The van der Waals surface area contributed by atoms with E-state index in [4.69, 9.17) is 0 Å². The fourth-order valence-electron chi connectivity index (χ4n) is 3.45. The number of hydrogen-bond donors (Lipinski definition) is 1. The SMILES string of the molecule is O=C(CCN1CCCc2ccccc21)NC1CCCC1. The summed E-state index contributed by atoms with van der Waals surface area (Å²) in [4.78, 5) is 14.4. The first-order valence-corrected chi connectivity index (χ1v) is 7.95. The molecule has 0 bridgehead atoms. The van der Waals surface area contributed by atoms with E-state index in [0.717, 1.165) is 25.9 Å². The number of fused-ring (bicyclic) bond motifs is 1. The van der Waals surface area contributed by atoms with Gasteiger partial charge in [-0.2, -0.15) is 0 Å². The van der Waals surface area contributed by atoms with Crippen LogP contribution in [-0.4, -0.2) is 25.0 Å². The number of benzene rings is 1. The Morgan fingerprint density at radius 3 is 2.85 bits per heavy atom. The molecule has 1 aromatic rings. The van der Waals surface area contributed by atoms with Crippen molar-refractivity contribution in [3.8, 4) is 0 Å². The van der Waals surface area contributed by atoms with Gasteiger partial charge in [-0.15, -0.1) is 0 Å². The topological polar surface area (TPSA) is 32.3 Å². The van der Waals surface area contributed by atoms with Gasteiger partial charge in [0.2, 0.25) is 5.91 Å². The summed E-state index contributed by atoms with van der Waals surface area (Å²) in [7, 11) is 0. The molecule has 1 fully saturated rings. The summed E-state index contributed by atoms with van der Waals surface area (Å²) >= 11 is 0. The number of carbonyl (C=O) groups is 1. The number of carbonyl (C=O) groups excluding carboxylic acids is 1. The zero-order valence-corrected chi connectivity index (χ0v) is 12.1. The fraction of sp³-hybridized carbons (Fsp3) is 0.588. The lowest BCUT2D eigenvalue weighted by molar-refractivity contribution is -0.121. The monoisotopic (exact) mass is 272 g/mol. The lowest BCUT2D eigenvalue weighted by Gasteiger charge is -2.31. The molecule has 0 unspecified atom stereocenters. The number of anilines is 1. The number of amides is 1. The van der Waals surface area contributed by atoms with E-state index in [9.17, 15) is 4.79 Å². The average Bonchev–Trinajstić information content (AvgIpc) is 2.98. The largest absolute Gasteiger partial charge is 0.371 e. The Balaban J connectivity index is 1.52. The summed E-state index contributed by atoms with van der Waals surface area (Å²) in [5, 5.41) is 3.18. The zero-order chi connectivity index (χ0) is 13.8. The second-order valence-corrected chi connectivity index (χ2v) is 6.02. The van der Waals surface area contributed by atoms with Gasteiger partial charge in [0.05, 0.1) is 0 Å². The van der Waals surface area contributed by atoms with E-state index in [0.29, 0.717) is 12.5 Å². The van der Waals surface area contributed by atoms with Gasteiger partial charge in [-0.3, -0.25) is 4.79 Å². The Morgan fingerprint density at radius 2 is 2.00 bits per heavy atom. The quantitative estimate of drug-likeness (QED) is 0.914. The molecule has 108 valence electrons. The van der Waals surface area contributed by atoms with Gasteiger partial charge >= 0.3 is 0 Å². The van der Waals surface area contributed by atoms with E-state index in [-0.39, 0.29) is 5.91 Å². The van der Waals surface area contributed by atoms with E-state index in [1.54, 1.807) is 0 Å². The van der Waals surface area contributed by atoms with Crippen molar-refractivity contribution in [2.75, 3.05) is 18.0 Å². The van der Waals surface area contributed by atoms with Crippen LogP contribution in [0.15, 0.2) is 24.3 Å². The van der Waals surface area contributed by atoms with Gasteiger partial charge in [0, 0.05) is 31.2 Å². The highest BCUT2D eigenvalue weighted by Gasteiger charge is 2.19. The van der Waals surface area contributed by atoms with Crippen LogP contribution >= 0.6 is 0 Å². The maximum Gasteiger partial charge on any atom is 0.221 e. The van der Waals surface area contributed by atoms with Crippen LogP contribution in [0.1, 0.15) is 44.1 Å². The maximum absolute atomic E-state index is 12.0. The average molecular weight is 272 g/mol. The zero-order valence-electron chi connectivity index (χ0n) is 12.1. The molecule has 3 heteroatoms. The molecule has 3 rings (SSSR count). The van der Waals surface area contributed by atoms with Crippen LogP contribution in [0.3, 0.4) is 0 Å². The number of hydrogen-bond acceptors (Lipinski definition) is 2. The Hall–Kier alpha value is -1.51. The summed E-state index contributed by atoms with van der Waals surface area (Å²) in [6.45, 7) is 1.92. The van der Waals surface area contributed by atoms with Gasteiger partial charge in [0.15, 0.2) is 0 Å². The van der Waals surface area contributed by atoms with Crippen molar-refractivity contribution in [1.29, 1.82) is 0 Å². The van der Waals surface area contributed by atoms with E-state index in [1.807, 2.05) is 0 Å². The number of aryl methyl sites for hydroxylation is 1. The molecule has 1 aromatic carbocycles. The molecule has 20 heavy (non-hydrogen) atoms. The van der Waals surface area contributed by atoms with Crippen molar-refractivity contribution in [2.24, 2.45) is 0 Å². The van der Waals surface area contributed by atoms with E-state index < -0.39 is 0 Å². The van der Waals surface area contributed by atoms with Crippen LogP contribution in [-0.2, 0) is 11.2 Å². The van der Waals surface area contributed by atoms with Crippen LogP contribution in [0.5, 0.6) is 0 Å². The third-order valence-electron chi connectivity index (χ3n) is 4.54. The van der Waals surface area contributed by atoms with Crippen LogP contribution in [0.2, 0.25) is 0 Å². The molecule has 0 radical (unpaired) electrons. The summed E-state index contributed by atoms with van der Waals surface area (Å²) in [6.07, 6.45) is 7.85. The minimum Gasteiger partial charge on any atom is -0.371 e. The van der Waals surface area contributed by atoms with Crippen molar-refractivity contribution in [3.05, 3.63) is 29.8 Å². The first kappa shape index (κ1) is 13.5. The van der Waals surface area contributed by atoms with Gasteiger partial charge < -0.3 is 10.2 Å². The van der Waals surface area contributed by atoms with Crippen LogP contribution in [0.4, 0.5) is 5.69 Å². The molecule has 1 heterocycles. The standard InChI is InChI=1S/C17H24N2O/c20-17(18-15-8-2-3-9-15)11-13-19-12-5-7-14-6-1-4-10-16(14)19/h1,4,6,10,15H,2-3,5,7-9,11-13H2,(H,18,20). The van der Waals surface area contributed by atoms with Crippen LogP contribution < -0.4 is 10.2 Å². The molecule has 0 saturated heterocycles. The molecule has 1 amide bonds. The second-order valence-electron chi connectivity index (χ2n) is 6.02. The van der Waals surface area contributed by atoms with E-state index in [2.05, 4.69) is 34.5 Å². The molecule has 3 nitrogen and oxygen atoms in total. The van der Waals surface area contributed by atoms with Crippen LogP contribution in [0.25, 0.3) is 0 Å². The first-order valence-electron chi connectivity index (χ1n) is 7.95. The molecule has 1 aliphatic carbocycles. The molecule has 2 aliphatic rings. The smallest absolute Gasteiger partial charge is 0.221 e. The highest BCUT2D eigenvalue weighted by atomic mass is 16.1. The number of nitrogens with zero attached hydrogens (tertiary/aromatic N) is 1.